The predicted octanol–water partition coefficient (Wildman–Crippen LogP) is 3.13. The van der Waals surface area contributed by atoms with E-state index in [1.165, 1.54) is 6.20 Å². The highest BCUT2D eigenvalue weighted by molar-refractivity contribution is 6.68. The molecule has 3 heteroatoms. The Balaban J connectivity index is 2.58. The van der Waals surface area contributed by atoms with Gasteiger partial charge in [-0.25, -0.2) is 0 Å². The molecule has 0 N–H and O–H groups in total. The molecule has 1 heterocycles. The van der Waals surface area contributed by atoms with E-state index in [9.17, 15) is 4.79 Å². The van der Waals surface area contributed by atoms with Gasteiger partial charge in [0.2, 0.25) is 0 Å². The Kier molecular flexibility index (Phi) is 2.79. The summed E-state index contributed by atoms with van der Waals surface area (Å²) in [7, 11) is 0. The molecule has 74 valence electrons. The van der Waals surface area contributed by atoms with Crippen molar-refractivity contribution in [2.24, 2.45) is 0 Å². The number of carbonyl (C=O) groups is 1. The molecular formula is C12H8ClNO. The van der Waals surface area contributed by atoms with Gasteiger partial charge in [0.25, 0.3) is 5.24 Å². The van der Waals surface area contributed by atoms with Gasteiger partial charge < -0.3 is 0 Å². The summed E-state index contributed by atoms with van der Waals surface area (Å²) in [5.41, 5.74) is 2.21. The fraction of sp³-hybridized carbons (Fsp3) is 0. The fourth-order valence-electron chi connectivity index (χ4n) is 1.42. The van der Waals surface area contributed by atoms with Crippen molar-refractivity contribution in [3.8, 4) is 11.1 Å². The Labute approximate surface area is 92.5 Å². The maximum absolute atomic E-state index is 11.2. The minimum atomic E-state index is -0.484. The van der Waals surface area contributed by atoms with Gasteiger partial charge in [-0.1, -0.05) is 30.3 Å². The number of carbonyl (C=O) groups excluding carboxylic acids is 1. The number of nitrogens with zero attached hydrogens (tertiary/aromatic N) is 1. The lowest BCUT2D eigenvalue weighted by atomic mass is 10.0. The second-order valence-corrected chi connectivity index (χ2v) is 3.40. The fourth-order valence-corrected chi connectivity index (χ4v) is 1.57. The molecule has 2 nitrogen and oxygen atoms in total. The molecule has 1 aromatic heterocycles. The van der Waals surface area contributed by atoms with Crippen LogP contribution in [-0.2, 0) is 0 Å². The van der Waals surface area contributed by atoms with Crippen molar-refractivity contribution in [3.63, 3.8) is 0 Å². The van der Waals surface area contributed by atoms with E-state index in [1.807, 2.05) is 30.3 Å². The molecule has 15 heavy (non-hydrogen) atoms. The van der Waals surface area contributed by atoms with Crippen molar-refractivity contribution in [2.45, 2.75) is 0 Å². The third kappa shape index (κ3) is 2.05. The van der Waals surface area contributed by atoms with Crippen LogP contribution in [-0.4, -0.2) is 10.2 Å². The molecule has 0 fully saturated rings. The van der Waals surface area contributed by atoms with E-state index in [4.69, 9.17) is 11.6 Å². The molecule has 0 radical (unpaired) electrons. The average Bonchev–Trinajstić information content (AvgIpc) is 2.30. The molecule has 0 atom stereocenters. The van der Waals surface area contributed by atoms with Gasteiger partial charge in [-0.2, -0.15) is 0 Å². The summed E-state index contributed by atoms with van der Waals surface area (Å²) in [5.74, 6) is 0. The van der Waals surface area contributed by atoms with Gasteiger partial charge in [-0.3, -0.25) is 9.78 Å². The van der Waals surface area contributed by atoms with Crippen LogP contribution < -0.4 is 0 Å². The SMILES string of the molecule is O=C(Cl)c1cnccc1-c1ccccc1. The second-order valence-electron chi connectivity index (χ2n) is 3.06. The summed E-state index contributed by atoms with van der Waals surface area (Å²) in [5, 5.41) is -0.484. The van der Waals surface area contributed by atoms with E-state index in [1.54, 1.807) is 12.3 Å². The summed E-state index contributed by atoms with van der Waals surface area (Å²) in [6.07, 6.45) is 3.13. The van der Waals surface area contributed by atoms with Gasteiger partial charge in [0, 0.05) is 12.4 Å². The number of rotatable bonds is 2. The number of aromatic nitrogens is 1. The van der Waals surface area contributed by atoms with Crippen molar-refractivity contribution in [3.05, 3.63) is 54.4 Å². The Bertz CT molecular complexity index is 482. The van der Waals surface area contributed by atoms with Crippen LogP contribution in [0.1, 0.15) is 10.4 Å². The smallest absolute Gasteiger partial charge is 0.254 e. The van der Waals surface area contributed by atoms with Crippen molar-refractivity contribution in [1.82, 2.24) is 4.98 Å². The molecule has 0 aliphatic heterocycles. The number of hydrogen-bond acceptors (Lipinski definition) is 2. The summed E-state index contributed by atoms with van der Waals surface area (Å²) in [6, 6.07) is 11.4. The van der Waals surface area contributed by atoms with Crippen molar-refractivity contribution in [2.75, 3.05) is 0 Å². The van der Waals surface area contributed by atoms with Crippen LogP contribution in [0.15, 0.2) is 48.8 Å². The zero-order chi connectivity index (χ0) is 10.7. The standard InChI is InChI=1S/C12H8ClNO/c13-12(15)11-8-14-7-6-10(11)9-4-2-1-3-5-9/h1-8H. The van der Waals surface area contributed by atoms with Crippen LogP contribution in [0.25, 0.3) is 11.1 Å². The van der Waals surface area contributed by atoms with Gasteiger partial charge in [0.1, 0.15) is 0 Å². The molecule has 0 bridgehead atoms. The number of benzene rings is 1. The van der Waals surface area contributed by atoms with Gasteiger partial charge in [-0.05, 0) is 28.8 Å². The van der Waals surface area contributed by atoms with Crippen LogP contribution >= 0.6 is 11.6 Å². The van der Waals surface area contributed by atoms with Crippen LogP contribution in [0.4, 0.5) is 0 Å². The maximum atomic E-state index is 11.2. The van der Waals surface area contributed by atoms with Gasteiger partial charge in [0.15, 0.2) is 0 Å². The average molecular weight is 218 g/mol. The lowest BCUT2D eigenvalue weighted by Crippen LogP contribution is -1.94. The van der Waals surface area contributed by atoms with Gasteiger partial charge in [-0.15, -0.1) is 0 Å². The molecule has 0 saturated heterocycles. The van der Waals surface area contributed by atoms with E-state index < -0.39 is 5.24 Å². The second kappa shape index (κ2) is 4.24. The molecular weight excluding hydrogens is 210 g/mol. The highest BCUT2D eigenvalue weighted by Crippen LogP contribution is 2.23. The Morgan fingerprint density at radius 3 is 2.53 bits per heavy atom. The first-order chi connectivity index (χ1) is 7.29. The van der Waals surface area contributed by atoms with E-state index in [0.29, 0.717) is 5.56 Å². The molecule has 2 rings (SSSR count). The zero-order valence-electron chi connectivity index (χ0n) is 7.85. The third-order valence-electron chi connectivity index (χ3n) is 2.12. The predicted molar refractivity (Wildman–Crippen MR) is 59.9 cm³/mol. The summed E-state index contributed by atoms with van der Waals surface area (Å²) >= 11 is 5.48. The monoisotopic (exact) mass is 217 g/mol. The topological polar surface area (TPSA) is 30.0 Å². The Morgan fingerprint density at radius 1 is 1.13 bits per heavy atom. The highest BCUT2D eigenvalue weighted by atomic mass is 35.5. The van der Waals surface area contributed by atoms with Crippen molar-refractivity contribution in [1.29, 1.82) is 0 Å². The molecule has 0 amide bonds. The minimum absolute atomic E-state index is 0.436. The van der Waals surface area contributed by atoms with E-state index >= 15 is 0 Å². The molecule has 0 unspecified atom stereocenters. The summed E-state index contributed by atoms with van der Waals surface area (Å²) in [6.45, 7) is 0. The summed E-state index contributed by atoms with van der Waals surface area (Å²) < 4.78 is 0. The van der Waals surface area contributed by atoms with Crippen LogP contribution in [0.2, 0.25) is 0 Å². The molecule has 0 aliphatic rings. The maximum Gasteiger partial charge on any atom is 0.254 e. The van der Waals surface area contributed by atoms with E-state index in [-0.39, 0.29) is 0 Å². The first-order valence-corrected chi connectivity index (χ1v) is 4.86. The summed E-state index contributed by atoms with van der Waals surface area (Å²) in [4.78, 5) is 15.1. The molecule has 2 aromatic rings. The molecule has 0 saturated carbocycles. The van der Waals surface area contributed by atoms with Crippen LogP contribution in [0.5, 0.6) is 0 Å². The minimum Gasteiger partial charge on any atom is -0.276 e. The Hall–Kier alpha value is -1.67. The number of pyridine rings is 1. The van der Waals surface area contributed by atoms with Crippen LogP contribution in [0, 0.1) is 0 Å². The quantitative estimate of drug-likeness (QED) is 0.724. The van der Waals surface area contributed by atoms with E-state index in [0.717, 1.165) is 11.1 Å². The van der Waals surface area contributed by atoms with Gasteiger partial charge in [0.05, 0.1) is 5.56 Å². The molecule has 1 aromatic carbocycles. The third-order valence-corrected chi connectivity index (χ3v) is 2.32. The van der Waals surface area contributed by atoms with Gasteiger partial charge >= 0.3 is 0 Å². The number of hydrogen-bond donors (Lipinski definition) is 0. The molecule has 0 aliphatic carbocycles. The lowest BCUT2D eigenvalue weighted by Gasteiger charge is -2.04. The zero-order valence-corrected chi connectivity index (χ0v) is 8.61. The van der Waals surface area contributed by atoms with Crippen molar-refractivity contribution >= 4 is 16.8 Å². The Morgan fingerprint density at radius 2 is 1.87 bits per heavy atom. The largest absolute Gasteiger partial charge is 0.276 e. The molecule has 0 spiro atoms. The highest BCUT2D eigenvalue weighted by Gasteiger charge is 2.09. The first kappa shape index (κ1) is 9.87. The normalized spacial score (nSPS) is 9.93. The van der Waals surface area contributed by atoms with E-state index in [2.05, 4.69) is 4.98 Å². The number of halogens is 1. The lowest BCUT2D eigenvalue weighted by molar-refractivity contribution is 0.108. The van der Waals surface area contributed by atoms with Crippen LogP contribution in [0.3, 0.4) is 0 Å². The first-order valence-electron chi connectivity index (χ1n) is 4.48. The van der Waals surface area contributed by atoms with Crippen molar-refractivity contribution < 1.29 is 4.79 Å².